The highest BCUT2D eigenvalue weighted by Crippen LogP contribution is 2.50. The van der Waals surface area contributed by atoms with Crippen LogP contribution in [0, 0.1) is 0 Å². The summed E-state index contributed by atoms with van der Waals surface area (Å²) < 4.78 is 6.89. The standard InChI is InChI=1S/C20H21ClN2O4/c1-4-27-19(26)14-10-22-16(8-17(14)25)12-6-5-11(24)7-13(12)18-15(21)9-20(2,3)23(18)22/h5-8,10,15,18,24H,4,9H2,1-3H3/t15-,18?/m1/s1. The van der Waals surface area contributed by atoms with E-state index in [1.165, 1.54) is 6.07 Å². The number of esters is 1. The van der Waals surface area contributed by atoms with E-state index in [2.05, 4.69) is 18.9 Å². The van der Waals surface area contributed by atoms with Crippen LogP contribution in [0.25, 0.3) is 11.3 Å². The zero-order valence-corrected chi connectivity index (χ0v) is 16.2. The first-order valence-electron chi connectivity index (χ1n) is 8.95. The van der Waals surface area contributed by atoms with Gasteiger partial charge in [0.1, 0.15) is 11.3 Å². The summed E-state index contributed by atoms with van der Waals surface area (Å²) in [7, 11) is 0. The van der Waals surface area contributed by atoms with Crippen LogP contribution >= 0.6 is 11.6 Å². The molecule has 0 spiro atoms. The highest BCUT2D eigenvalue weighted by atomic mass is 35.5. The smallest absolute Gasteiger partial charge is 0.343 e. The number of rotatable bonds is 2. The Bertz CT molecular complexity index is 998. The maximum Gasteiger partial charge on any atom is 0.343 e. The van der Waals surface area contributed by atoms with Crippen LogP contribution in [0.4, 0.5) is 0 Å². The summed E-state index contributed by atoms with van der Waals surface area (Å²) in [5, 5.41) is 11.9. The van der Waals surface area contributed by atoms with Gasteiger partial charge in [0.05, 0.1) is 29.3 Å². The number of phenolic OH excluding ortho intramolecular Hbond substituents is 1. The summed E-state index contributed by atoms with van der Waals surface area (Å²) in [6.45, 7) is 6.04. The van der Waals surface area contributed by atoms with Crippen LogP contribution in [-0.2, 0) is 4.74 Å². The average Bonchev–Trinajstić information content (AvgIpc) is 2.84. The number of phenols is 1. The fourth-order valence-corrected chi connectivity index (χ4v) is 4.88. The van der Waals surface area contributed by atoms with Gasteiger partial charge in [-0.3, -0.25) is 14.5 Å². The molecule has 2 atom stereocenters. The Balaban J connectivity index is 2.01. The normalized spacial score (nSPS) is 22.0. The molecule has 2 aromatic rings. The van der Waals surface area contributed by atoms with Gasteiger partial charge in [0.25, 0.3) is 0 Å². The van der Waals surface area contributed by atoms with Crippen molar-refractivity contribution in [1.29, 1.82) is 0 Å². The number of aromatic hydroxyl groups is 1. The van der Waals surface area contributed by atoms with Gasteiger partial charge in [-0.15, -0.1) is 11.6 Å². The molecule has 1 aromatic heterocycles. The van der Waals surface area contributed by atoms with E-state index in [0.29, 0.717) is 12.1 Å². The maximum absolute atomic E-state index is 12.6. The molecule has 3 heterocycles. The number of benzene rings is 1. The Morgan fingerprint density at radius 3 is 2.81 bits per heavy atom. The van der Waals surface area contributed by atoms with Crippen molar-refractivity contribution in [2.75, 3.05) is 11.6 Å². The number of aromatic nitrogens is 1. The summed E-state index contributed by atoms with van der Waals surface area (Å²) in [6, 6.07) is 6.35. The average molecular weight is 389 g/mol. The van der Waals surface area contributed by atoms with Crippen LogP contribution in [0.5, 0.6) is 5.75 Å². The predicted molar refractivity (Wildman–Crippen MR) is 103 cm³/mol. The lowest BCUT2D eigenvalue weighted by atomic mass is 9.94. The summed E-state index contributed by atoms with van der Waals surface area (Å²) in [5.41, 5.74) is 1.66. The fourth-order valence-electron chi connectivity index (χ4n) is 4.26. The van der Waals surface area contributed by atoms with Gasteiger partial charge in [0.15, 0.2) is 5.43 Å². The van der Waals surface area contributed by atoms with Crippen molar-refractivity contribution in [3.05, 3.63) is 51.8 Å². The van der Waals surface area contributed by atoms with Crippen molar-refractivity contribution >= 4 is 17.6 Å². The first-order valence-corrected chi connectivity index (χ1v) is 9.39. The molecular formula is C20H21ClN2O4. The highest BCUT2D eigenvalue weighted by Gasteiger charge is 2.50. The molecule has 1 N–H and O–H groups in total. The van der Waals surface area contributed by atoms with Gasteiger partial charge in [0.2, 0.25) is 0 Å². The molecule has 1 saturated heterocycles. The molecule has 1 fully saturated rings. The lowest BCUT2D eigenvalue weighted by molar-refractivity contribution is 0.0523. The minimum absolute atomic E-state index is 0.00426. The van der Waals surface area contributed by atoms with E-state index in [1.54, 1.807) is 31.3 Å². The van der Waals surface area contributed by atoms with Gasteiger partial charge in [-0.05, 0) is 51.0 Å². The van der Waals surface area contributed by atoms with Gasteiger partial charge in [0, 0.05) is 17.8 Å². The molecule has 0 radical (unpaired) electrons. The first kappa shape index (κ1) is 17.9. The van der Waals surface area contributed by atoms with Crippen LogP contribution in [0.3, 0.4) is 0 Å². The number of halogens is 1. The molecule has 2 aliphatic rings. The number of pyridine rings is 1. The van der Waals surface area contributed by atoms with Gasteiger partial charge < -0.3 is 9.84 Å². The highest BCUT2D eigenvalue weighted by molar-refractivity contribution is 6.21. The lowest BCUT2D eigenvalue weighted by Gasteiger charge is -2.44. The summed E-state index contributed by atoms with van der Waals surface area (Å²) >= 11 is 6.71. The zero-order chi connectivity index (χ0) is 19.5. The quantitative estimate of drug-likeness (QED) is 0.632. The fraction of sp³-hybridized carbons (Fsp3) is 0.400. The number of hydrogen-bond donors (Lipinski definition) is 1. The Hall–Kier alpha value is -2.47. The summed E-state index contributed by atoms with van der Waals surface area (Å²) in [5.74, 6) is -0.480. The van der Waals surface area contributed by atoms with Crippen LogP contribution in [-0.4, -0.2) is 33.3 Å². The van der Waals surface area contributed by atoms with Crippen LogP contribution in [0.15, 0.2) is 35.3 Å². The molecule has 0 amide bonds. The molecule has 0 saturated carbocycles. The SMILES string of the molecule is CCOC(=O)c1cn2c(cc1=O)-c1ccc(O)cc1C1[C@H](Cl)CC(C)(C)N12. The third kappa shape index (κ3) is 2.62. The molecule has 2 aliphatic heterocycles. The lowest BCUT2D eigenvalue weighted by Crippen LogP contribution is -2.50. The van der Waals surface area contributed by atoms with Gasteiger partial charge in [-0.2, -0.15) is 0 Å². The largest absolute Gasteiger partial charge is 0.508 e. The molecule has 1 aromatic carbocycles. The van der Waals surface area contributed by atoms with E-state index in [4.69, 9.17) is 16.3 Å². The Kier molecular flexibility index (Phi) is 4.00. The van der Waals surface area contributed by atoms with E-state index in [9.17, 15) is 14.7 Å². The number of alkyl halides is 1. The predicted octanol–water partition coefficient (Wildman–Crippen LogP) is 3.18. The van der Waals surface area contributed by atoms with Crippen LogP contribution < -0.4 is 10.4 Å². The monoisotopic (exact) mass is 388 g/mol. The minimum atomic E-state index is -0.634. The zero-order valence-electron chi connectivity index (χ0n) is 15.4. The molecule has 4 rings (SSSR count). The Labute approximate surface area is 161 Å². The molecule has 1 unspecified atom stereocenters. The van der Waals surface area contributed by atoms with Crippen LogP contribution in [0.2, 0.25) is 0 Å². The molecular weight excluding hydrogens is 368 g/mol. The van der Waals surface area contributed by atoms with Crippen molar-refractivity contribution in [1.82, 2.24) is 4.68 Å². The summed E-state index contributed by atoms with van der Waals surface area (Å²) in [6.07, 6.45) is 2.27. The number of ether oxygens (including phenoxy) is 1. The molecule has 6 nitrogen and oxygen atoms in total. The van der Waals surface area contributed by atoms with E-state index >= 15 is 0 Å². The summed E-state index contributed by atoms with van der Waals surface area (Å²) in [4.78, 5) is 24.8. The minimum Gasteiger partial charge on any atom is -0.508 e. The third-order valence-corrected chi connectivity index (χ3v) is 5.70. The Morgan fingerprint density at radius 1 is 1.37 bits per heavy atom. The number of carbonyl (C=O) groups excluding carboxylic acids is 1. The molecule has 7 heteroatoms. The van der Waals surface area contributed by atoms with E-state index in [-0.39, 0.29) is 34.9 Å². The second-order valence-electron chi connectivity index (χ2n) is 7.60. The van der Waals surface area contributed by atoms with Crippen molar-refractivity contribution in [2.24, 2.45) is 0 Å². The van der Waals surface area contributed by atoms with Crippen molar-refractivity contribution < 1.29 is 14.6 Å². The number of fused-ring (bicyclic) bond motifs is 6. The molecule has 0 aliphatic carbocycles. The number of nitrogens with zero attached hydrogens (tertiary/aromatic N) is 2. The molecule has 142 valence electrons. The van der Waals surface area contributed by atoms with Gasteiger partial charge in [-0.1, -0.05) is 0 Å². The van der Waals surface area contributed by atoms with E-state index in [1.807, 2.05) is 4.68 Å². The molecule has 27 heavy (non-hydrogen) atoms. The van der Waals surface area contributed by atoms with Gasteiger partial charge >= 0.3 is 5.97 Å². The van der Waals surface area contributed by atoms with Crippen molar-refractivity contribution in [3.63, 3.8) is 0 Å². The van der Waals surface area contributed by atoms with Crippen LogP contribution in [0.1, 0.15) is 49.2 Å². The van der Waals surface area contributed by atoms with Crippen molar-refractivity contribution in [2.45, 2.75) is 44.1 Å². The third-order valence-electron chi connectivity index (χ3n) is 5.31. The van der Waals surface area contributed by atoms with E-state index in [0.717, 1.165) is 11.1 Å². The number of hydrogen-bond acceptors (Lipinski definition) is 5. The second kappa shape index (κ2) is 6.02. The Morgan fingerprint density at radius 2 is 2.11 bits per heavy atom. The topological polar surface area (TPSA) is 71.8 Å². The van der Waals surface area contributed by atoms with E-state index < -0.39 is 11.4 Å². The number of carbonyl (C=O) groups is 1. The van der Waals surface area contributed by atoms with Gasteiger partial charge in [-0.25, -0.2) is 4.79 Å². The van der Waals surface area contributed by atoms with Crippen molar-refractivity contribution in [3.8, 4) is 17.0 Å². The maximum atomic E-state index is 12.6. The first-order chi connectivity index (χ1) is 12.7. The second-order valence-corrected chi connectivity index (χ2v) is 8.16. The molecule has 0 bridgehead atoms.